The number of ether oxygens (including phenoxy) is 1. The molecule has 0 bridgehead atoms. The molecule has 4 heterocycles. The summed E-state index contributed by atoms with van der Waals surface area (Å²) in [7, 11) is 1.49. The molecule has 1 aromatic carbocycles. The van der Waals surface area contributed by atoms with Crippen LogP contribution in [0.3, 0.4) is 0 Å². The lowest BCUT2D eigenvalue weighted by Crippen LogP contribution is -2.41. The van der Waals surface area contributed by atoms with Crippen LogP contribution < -0.4 is 11.1 Å². The molecule has 40 heavy (non-hydrogen) atoms. The molecule has 0 radical (unpaired) electrons. The number of nitrogens with zero attached hydrogens (tertiary/aromatic N) is 5. The summed E-state index contributed by atoms with van der Waals surface area (Å²) >= 11 is 0. The van der Waals surface area contributed by atoms with E-state index < -0.39 is 17.6 Å². The Kier molecular flexibility index (Phi) is 7.39. The van der Waals surface area contributed by atoms with E-state index in [1.54, 1.807) is 27.9 Å². The number of carbonyl (C=O) groups is 2. The number of methoxy groups -OCH3 is 1. The predicted octanol–water partition coefficient (Wildman–Crippen LogP) is 4.02. The molecule has 1 saturated heterocycles. The zero-order valence-corrected chi connectivity index (χ0v) is 21.5. The largest absolute Gasteiger partial charge is 0.416 e. The second kappa shape index (κ2) is 10.9. The fraction of sp³-hybridized carbons (Fsp3) is 0.296. The third-order valence-corrected chi connectivity index (χ3v) is 6.78. The van der Waals surface area contributed by atoms with Gasteiger partial charge in [0.15, 0.2) is 0 Å². The summed E-state index contributed by atoms with van der Waals surface area (Å²) < 4.78 is 45.6. The summed E-state index contributed by atoms with van der Waals surface area (Å²) in [5.74, 6) is -0.655. The van der Waals surface area contributed by atoms with Crippen molar-refractivity contribution in [2.75, 3.05) is 37.9 Å². The van der Waals surface area contributed by atoms with Gasteiger partial charge in [-0.05, 0) is 55.3 Å². The third-order valence-electron chi connectivity index (χ3n) is 6.78. The average molecular weight is 554 g/mol. The van der Waals surface area contributed by atoms with Crippen molar-refractivity contribution < 1.29 is 27.5 Å². The number of fused-ring (bicyclic) bond motifs is 1. The van der Waals surface area contributed by atoms with Gasteiger partial charge in [-0.1, -0.05) is 0 Å². The van der Waals surface area contributed by atoms with Gasteiger partial charge in [-0.15, -0.1) is 0 Å². The summed E-state index contributed by atoms with van der Waals surface area (Å²) in [6.45, 7) is 1.17. The number of anilines is 2. The van der Waals surface area contributed by atoms with Gasteiger partial charge in [0.2, 0.25) is 5.91 Å². The topological polar surface area (TPSA) is 128 Å². The summed E-state index contributed by atoms with van der Waals surface area (Å²) in [5, 5.41) is 8.08. The van der Waals surface area contributed by atoms with Crippen LogP contribution in [-0.2, 0) is 15.7 Å². The molecule has 1 fully saturated rings. The van der Waals surface area contributed by atoms with Crippen LogP contribution in [0.25, 0.3) is 16.6 Å². The highest BCUT2D eigenvalue weighted by molar-refractivity contribution is 6.04. The molecule has 0 spiro atoms. The second-order valence-corrected chi connectivity index (χ2v) is 9.43. The number of rotatable bonds is 6. The number of likely N-dealkylation sites (tertiary alicyclic amines) is 1. The standard InChI is InChI=1S/C27H26F3N7O3/c1-40-15-22(38)36-12-2-3-17(14-36)23-20-9-11-33-25(31)24(20)37(35-23)19-6-4-16(5-7-19)26(39)34-21-13-18(8-10-32-21)27(28,29)30/h4-11,13,17H,2-3,12,14-15H2,1H3,(H2,31,33)(H,32,34,39)/t17-/m1/s1. The van der Waals surface area contributed by atoms with Gasteiger partial charge < -0.3 is 20.7 Å². The van der Waals surface area contributed by atoms with Crippen LogP contribution in [0.1, 0.15) is 40.4 Å². The van der Waals surface area contributed by atoms with Crippen molar-refractivity contribution in [2.24, 2.45) is 0 Å². The monoisotopic (exact) mass is 553 g/mol. The summed E-state index contributed by atoms with van der Waals surface area (Å²) in [5.41, 5.74) is 7.55. The van der Waals surface area contributed by atoms with E-state index in [2.05, 4.69) is 15.3 Å². The van der Waals surface area contributed by atoms with Crippen LogP contribution in [0.2, 0.25) is 0 Å². The molecule has 1 aliphatic heterocycles. The van der Waals surface area contributed by atoms with Gasteiger partial charge in [0.25, 0.3) is 5.91 Å². The minimum Gasteiger partial charge on any atom is -0.382 e. The lowest BCUT2D eigenvalue weighted by molar-refractivity contribution is -0.138. The van der Waals surface area contributed by atoms with Gasteiger partial charge in [0.05, 0.1) is 16.9 Å². The molecule has 3 aromatic heterocycles. The number of nitrogen functional groups attached to an aromatic ring is 1. The van der Waals surface area contributed by atoms with E-state index in [9.17, 15) is 22.8 Å². The maximum atomic E-state index is 13.0. The fourth-order valence-electron chi connectivity index (χ4n) is 4.86. The first-order chi connectivity index (χ1) is 19.2. The van der Waals surface area contributed by atoms with Crippen molar-refractivity contribution in [3.05, 3.63) is 71.7 Å². The van der Waals surface area contributed by atoms with Crippen molar-refractivity contribution in [3.63, 3.8) is 0 Å². The Morgan fingerprint density at radius 2 is 1.88 bits per heavy atom. The smallest absolute Gasteiger partial charge is 0.382 e. The first-order valence-electron chi connectivity index (χ1n) is 12.5. The Morgan fingerprint density at radius 3 is 2.60 bits per heavy atom. The van der Waals surface area contributed by atoms with Crippen LogP contribution >= 0.6 is 0 Å². The van der Waals surface area contributed by atoms with Crippen molar-refractivity contribution >= 4 is 34.4 Å². The maximum absolute atomic E-state index is 13.0. The first-order valence-corrected chi connectivity index (χ1v) is 12.5. The number of amides is 2. The van der Waals surface area contributed by atoms with Crippen LogP contribution in [-0.4, -0.2) is 63.3 Å². The highest BCUT2D eigenvalue weighted by Gasteiger charge is 2.31. The molecular formula is C27H26F3N7O3. The molecule has 3 N–H and O–H groups in total. The average Bonchev–Trinajstić information content (AvgIpc) is 3.34. The molecule has 0 saturated carbocycles. The second-order valence-electron chi connectivity index (χ2n) is 9.43. The number of piperidine rings is 1. The molecule has 4 aromatic rings. The molecular weight excluding hydrogens is 527 g/mol. The number of hydrogen-bond donors (Lipinski definition) is 2. The van der Waals surface area contributed by atoms with Gasteiger partial charge in [-0.3, -0.25) is 9.59 Å². The van der Waals surface area contributed by atoms with Crippen molar-refractivity contribution in [3.8, 4) is 5.69 Å². The van der Waals surface area contributed by atoms with Gasteiger partial charge in [-0.2, -0.15) is 18.3 Å². The first kappa shape index (κ1) is 27.1. The van der Waals surface area contributed by atoms with Crippen molar-refractivity contribution in [1.29, 1.82) is 0 Å². The zero-order valence-electron chi connectivity index (χ0n) is 21.5. The third kappa shape index (κ3) is 5.45. The summed E-state index contributed by atoms with van der Waals surface area (Å²) in [4.78, 5) is 34.9. The molecule has 1 atom stereocenters. The molecule has 1 aliphatic rings. The maximum Gasteiger partial charge on any atom is 0.416 e. The summed E-state index contributed by atoms with van der Waals surface area (Å²) in [6.07, 6.45) is -0.298. The molecule has 5 rings (SSSR count). The SMILES string of the molecule is COCC(=O)N1CCC[C@@H](c2nn(-c3ccc(C(=O)Nc4cc(C(F)(F)F)ccn4)cc3)c3c(N)nccc23)C1. The van der Waals surface area contributed by atoms with Crippen LogP contribution in [0.15, 0.2) is 54.9 Å². The Balaban J connectivity index is 1.42. The number of benzene rings is 1. The number of pyridine rings is 2. The minimum absolute atomic E-state index is 0.0164. The normalized spacial score (nSPS) is 15.8. The van der Waals surface area contributed by atoms with E-state index in [4.69, 9.17) is 15.6 Å². The van der Waals surface area contributed by atoms with Crippen LogP contribution in [0.5, 0.6) is 0 Å². The minimum atomic E-state index is -4.55. The Hall–Kier alpha value is -4.52. The number of hydrogen-bond acceptors (Lipinski definition) is 7. The van der Waals surface area contributed by atoms with E-state index in [-0.39, 0.29) is 35.6 Å². The van der Waals surface area contributed by atoms with E-state index in [0.717, 1.165) is 42.3 Å². The number of nitrogens with one attached hydrogen (secondary N) is 1. The molecule has 0 aliphatic carbocycles. The van der Waals surface area contributed by atoms with E-state index in [1.165, 1.54) is 19.2 Å². The predicted molar refractivity (Wildman–Crippen MR) is 141 cm³/mol. The van der Waals surface area contributed by atoms with Crippen LogP contribution in [0, 0.1) is 0 Å². The summed E-state index contributed by atoms with van der Waals surface area (Å²) in [6, 6.07) is 9.82. The van der Waals surface area contributed by atoms with E-state index in [0.29, 0.717) is 24.3 Å². The molecule has 208 valence electrons. The Morgan fingerprint density at radius 1 is 1.12 bits per heavy atom. The van der Waals surface area contributed by atoms with Gasteiger partial charge in [-0.25, -0.2) is 14.6 Å². The quantitative estimate of drug-likeness (QED) is 0.369. The molecule has 13 heteroatoms. The Bertz CT molecular complexity index is 1550. The molecule has 10 nitrogen and oxygen atoms in total. The van der Waals surface area contributed by atoms with E-state index >= 15 is 0 Å². The van der Waals surface area contributed by atoms with Gasteiger partial charge in [0, 0.05) is 49.5 Å². The number of carbonyl (C=O) groups excluding carboxylic acids is 2. The zero-order chi connectivity index (χ0) is 28.4. The van der Waals surface area contributed by atoms with Crippen LogP contribution in [0.4, 0.5) is 24.8 Å². The van der Waals surface area contributed by atoms with Gasteiger partial charge >= 0.3 is 6.18 Å². The van der Waals surface area contributed by atoms with Gasteiger partial charge in [0.1, 0.15) is 23.8 Å². The van der Waals surface area contributed by atoms with E-state index in [1.807, 2.05) is 6.07 Å². The number of alkyl halides is 3. The van der Waals surface area contributed by atoms with Crippen molar-refractivity contribution in [2.45, 2.75) is 24.9 Å². The molecule has 2 amide bonds. The lowest BCUT2D eigenvalue weighted by atomic mass is 9.93. The lowest BCUT2D eigenvalue weighted by Gasteiger charge is -2.32. The highest BCUT2D eigenvalue weighted by Crippen LogP contribution is 2.34. The highest BCUT2D eigenvalue weighted by atomic mass is 19.4. The number of aromatic nitrogens is 4. The number of nitrogens with two attached hydrogens (primary N) is 1. The fourth-order valence-corrected chi connectivity index (χ4v) is 4.86. The molecule has 0 unspecified atom stereocenters. The number of halogens is 3. The Labute approximate surface area is 227 Å². The van der Waals surface area contributed by atoms with Crippen molar-refractivity contribution in [1.82, 2.24) is 24.6 Å².